The third kappa shape index (κ3) is 0.985. The van der Waals surface area contributed by atoms with E-state index >= 15 is 0 Å². The normalized spacial score (nSPS) is 26.1. The Balaban J connectivity index is 2.10. The molecule has 0 spiro atoms. The summed E-state index contributed by atoms with van der Waals surface area (Å²) in [6.45, 7) is 2.35. The van der Waals surface area contributed by atoms with Gasteiger partial charge in [0.25, 0.3) is 0 Å². The monoisotopic (exact) mass is 174 g/mol. The smallest absolute Gasteiger partial charge is 0.0649 e. The number of rotatable bonds is 0. The molecule has 68 valence electrons. The molecule has 13 heavy (non-hydrogen) atoms. The first-order chi connectivity index (χ1) is 6.34. The van der Waals surface area contributed by atoms with Gasteiger partial charge in [-0.05, 0) is 25.3 Å². The quantitative estimate of drug-likeness (QED) is 0.579. The molecule has 0 saturated heterocycles. The van der Waals surface area contributed by atoms with Gasteiger partial charge in [0, 0.05) is 30.9 Å². The van der Waals surface area contributed by atoms with Crippen LogP contribution < -0.4 is 0 Å². The van der Waals surface area contributed by atoms with Crippen LogP contribution in [0.1, 0.15) is 17.4 Å². The molecule has 1 unspecified atom stereocenters. The minimum Gasteiger partial charge on any atom is -0.337 e. The van der Waals surface area contributed by atoms with Crippen molar-refractivity contribution in [2.24, 2.45) is 0 Å². The fourth-order valence-electron chi connectivity index (χ4n) is 2.41. The van der Waals surface area contributed by atoms with Gasteiger partial charge in [-0.1, -0.05) is 6.08 Å². The lowest BCUT2D eigenvalue weighted by molar-refractivity contribution is 0.325. The van der Waals surface area contributed by atoms with E-state index in [9.17, 15) is 0 Å². The summed E-state index contributed by atoms with van der Waals surface area (Å²) in [6.07, 6.45) is 5.75. The average molecular weight is 174 g/mol. The Kier molecular flexibility index (Phi) is 1.41. The minimum atomic E-state index is 0.590. The molecule has 3 heterocycles. The second kappa shape index (κ2) is 2.48. The summed E-state index contributed by atoms with van der Waals surface area (Å²) >= 11 is 0. The van der Waals surface area contributed by atoms with E-state index in [0.29, 0.717) is 6.04 Å². The van der Waals surface area contributed by atoms with Crippen LogP contribution in [0.2, 0.25) is 0 Å². The minimum absolute atomic E-state index is 0.590. The van der Waals surface area contributed by atoms with Crippen LogP contribution in [-0.4, -0.2) is 29.6 Å². The van der Waals surface area contributed by atoms with Crippen LogP contribution in [0.3, 0.4) is 0 Å². The topological polar surface area (TPSA) is 8.17 Å². The van der Waals surface area contributed by atoms with Crippen molar-refractivity contribution in [3.05, 3.63) is 29.6 Å². The zero-order valence-electron chi connectivity index (χ0n) is 7.90. The summed E-state index contributed by atoms with van der Waals surface area (Å²) in [4.78, 5) is 2.41. The Hall–Kier alpha value is -1.02. The van der Waals surface area contributed by atoms with Crippen molar-refractivity contribution < 1.29 is 0 Å². The molecule has 3 rings (SSSR count). The van der Waals surface area contributed by atoms with Gasteiger partial charge in [-0.2, -0.15) is 0 Å². The van der Waals surface area contributed by atoms with Gasteiger partial charge >= 0.3 is 0 Å². The highest BCUT2D eigenvalue weighted by Crippen LogP contribution is 2.28. The second-order valence-electron chi connectivity index (χ2n) is 4.06. The molecule has 0 radical (unpaired) electrons. The van der Waals surface area contributed by atoms with Gasteiger partial charge in [0.05, 0.1) is 6.04 Å². The standard InChI is InChI=1S/C11H14N2/c1-12-7-6-10-3-2-9-4-5-11(8-12)13(9)10/h2-5,11H,6-8H2,1H3. The third-order valence-electron chi connectivity index (χ3n) is 3.10. The summed E-state index contributed by atoms with van der Waals surface area (Å²) in [6, 6.07) is 5.09. The van der Waals surface area contributed by atoms with Gasteiger partial charge in [-0.3, -0.25) is 0 Å². The van der Waals surface area contributed by atoms with Crippen molar-refractivity contribution in [1.82, 2.24) is 9.47 Å². The summed E-state index contributed by atoms with van der Waals surface area (Å²) in [7, 11) is 2.21. The van der Waals surface area contributed by atoms with Crippen LogP contribution in [-0.2, 0) is 6.42 Å². The van der Waals surface area contributed by atoms with Crippen molar-refractivity contribution in [3.63, 3.8) is 0 Å². The zero-order chi connectivity index (χ0) is 8.84. The highest BCUT2D eigenvalue weighted by atomic mass is 15.2. The third-order valence-corrected chi connectivity index (χ3v) is 3.10. The fraction of sp³-hybridized carbons (Fsp3) is 0.455. The Morgan fingerprint density at radius 1 is 1.38 bits per heavy atom. The highest BCUT2D eigenvalue weighted by molar-refractivity contribution is 5.53. The van der Waals surface area contributed by atoms with E-state index in [0.717, 1.165) is 6.54 Å². The molecule has 2 nitrogen and oxygen atoms in total. The molecule has 0 aromatic carbocycles. The number of aromatic nitrogens is 1. The van der Waals surface area contributed by atoms with E-state index in [4.69, 9.17) is 0 Å². The van der Waals surface area contributed by atoms with E-state index in [1.807, 2.05) is 0 Å². The van der Waals surface area contributed by atoms with Crippen molar-refractivity contribution in [2.45, 2.75) is 12.5 Å². The molecule has 1 aromatic heterocycles. The molecular formula is C11H14N2. The second-order valence-corrected chi connectivity index (χ2v) is 4.06. The summed E-state index contributed by atoms with van der Waals surface area (Å²) in [5.74, 6) is 0. The molecule has 2 aliphatic rings. The van der Waals surface area contributed by atoms with Gasteiger partial charge in [0.2, 0.25) is 0 Å². The molecule has 0 amide bonds. The predicted molar refractivity (Wildman–Crippen MR) is 53.7 cm³/mol. The summed E-state index contributed by atoms with van der Waals surface area (Å²) in [5, 5.41) is 0. The lowest BCUT2D eigenvalue weighted by Crippen LogP contribution is -2.23. The first kappa shape index (κ1) is 7.39. The molecule has 0 bridgehead atoms. The van der Waals surface area contributed by atoms with Crippen LogP contribution >= 0.6 is 0 Å². The van der Waals surface area contributed by atoms with Crippen LogP contribution in [0.15, 0.2) is 18.2 Å². The van der Waals surface area contributed by atoms with Gasteiger partial charge in [-0.15, -0.1) is 0 Å². The average Bonchev–Trinajstić information content (AvgIpc) is 2.62. The Morgan fingerprint density at radius 2 is 2.31 bits per heavy atom. The van der Waals surface area contributed by atoms with Crippen LogP contribution in [0.4, 0.5) is 0 Å². The lowest BCUT2D eigenvalue weighted by atomic mass is 10.3. The van der Waals surface area contributed by atoms with E-state index < -0.39 is 0 Å². The van der Waals surface area contributed by atoms with Crippen LogP contribution in [0, 0.1) is 0 Å². The summed E-state index contributed by atoms with van der Waals surface area (Å²) < 4.78 is 2.48. The number of likely N-dealkylation sites (N-methyl/N-ethyl adjacent to an activating group) is 1. The molecule has 2 aliphatic heterocycles. The molecule has 1 aromatic rings. The lowest BCUT2D eigenvalue weighted by Gasteiger charge is -2.17. The SMILES string of the molecule is CN1CCc2ccc3n2C(C=C3)C1. The molecule has 0 N–H and O–H groups in total. The number of nitrogens with zero attached hydrogens (tertiary/aromatic N) is 2. The first-order valence-corrected chi connectivity index (χ1v) is 4.91. The molecular weight excluding hydrogens is 160 g/mol. The maximum absolute atomic E-state index is 2.48. The molecule has 2 heteroatoms. The van der Waals surface area contributed by atoms with Crippen LogP contribution in [0.5, 0.6) is 0 Å². The fourth-order valence-corrected chi connectivity index (χ4v) is 2.41. The van der Waals surface area contributed by atoms with Gasteiger partial charge < -0.3 is 9.47 Å². The van der Waals surface area contributed by atoms with E-state index in [2.05, 4.69) is 40.8 Å². The summed E-state index contributed by atoms with van der Waals surface area (Å²) in [5.41, 5.74) is 2.88. The van der Waals surface area contributed by atoms with E-state index in [1.54, 1.807) is 0 Å². The number of hydrogen-bond acceptors (Lipinski definition) is 1. The Morgan fingerprint density at radius 3 is 3.23 bits per heavy atom. The van der Waals surface area contributed by atoms with Gasteiger partial charge in [0.15, 0.2) is 0 Å². The predicted octanol–water partition coefficient (Wildman–Crippen LogP) is 1.54. The maximum Gasteiger partial charge on any atom is 0.0649 e. The van der Waals surface area contributed by atoms with E-state index in [-0.39, 0.29) is 0 Å². The van der Waals surface area contributed by atoms with Crippen LogP contribution in [0.25, 0.3) is 6.08 Å². The molecule has 0 aliphatic carbocycles. The molecule has 1 atom stereocenters. The molecule has 0 saturated carbocycles. The molecule has 0 fully saturated rings. The Bertz CT molecular complexity index is 362. The Labute approximate surface area is 78.5 Å². The maximum atomic E-state index is 2.48. The van der Waals surface area contributed by atoms with E-state index in [1.165, 1.54) is 24.4 Å². The largest absolute Gasteiger partial charge is 0.337 e. The van der Waals surface area contributed by atoms with Gasteiger partial charge in [0.1, 0.15) is 0 Å². The number of hydrogen-bond donors (Lipinski definition) is 0. The van der Waals surface area contributed by atoms with Crippen molar-refractivity contribution in [1.29, 1.82) is 0 Å². The first-order valence-electron chi connectivity index (χ1n) is 4.91. The van der Waals surface area contributed by atoms with Gasteiger partial charge in [-0.25, -0.2) is 0 Å². The van der Waals surface area contributed by atoms with Crippen molar-refractivity contribution >= 4 is 6.08 Å². The van der Waals surface area contributed by atoms with Crippen molar-refractivity contribution in [2.75, 3.05) is 20.1 Å². The highest BCUT2D eigenvalue weighted by Gasteiger charge is 2.23. The van der Waals surface area contributed by atoms with Crippen molar-refractivity contribution in [3.8, 4) is 0 Å². The zero-order valence-corrected chi connectivity index (χ0v) is 7.90.